The van der Waals surface area contributed by atoms with Crippen molar-refractivity contribution in [2.75, 3.05) is 6.61 Å². The van der Waals surface area contributed by atoms with Crippen molar-refractivity contribution < 1.29 is 28.3 Å². The highest BCUT2D eigenvalue weighted by atomic mass is 127. The van der Waals surface area contributed by atoms with Gasteiger partial charge in [0.25, 0.3) is 11.1 Å². The number of nitrogens with zero attached hydrogens (tertiary/aromatic N) is 1. The molecular weight excluding hydrogens is 557 g/mol. The molecule has 1 fully saturated rings. The van der Waals surface area contributed by atoms with Crippen molar-refractivity contribution >= 4 is 57.5 Å². The van der Waals surface area contributed by atoms with Gasteiger partial charge in [0.1, 0.15) is 0 Å². The highest BCUT2D eigenvalue weighted by Crippen LogP contribution is 2.35. The summed E-state index contributed by atoms with van der Waals surface area (Å²) in [6.45, 7) is 2.37. The number of imide groups is 1. The number of furan rings is 1. The molecule has 168 valence electrons. The van der Waals surface area contributed by atoms with Gasteiger partial charge in [0.2, 0.25) is 5.76 Å². The van der Waals surface area contributed by atoms with Crippen LogP contribution in [0.1, 0.15) is 28.6 Å². The zero-order valence-corrected chi connectivity index (χ0v) is 20.4. The van der Waals surface area contributed by atoms with Gasteiger partial charge in [-0.1, -0.05) is 18.2 Å². The fraction of sp³-hybridized carbons (Fsp3) is 0.125. The number of esters is 1. The van der Waals surface area contributed by atoms with Crippen LogP contribution in [0.15, 0.2) is 70.2 Å². The minimum atomic E-state index is -0.648. The van der Waals surface area contributed by atoms with Crippen LogP contribution in [0.25, 0.3) is 6.08 Å². The van der Waals surface area contributed by atoms with Gasteiger partial charge in [0, 0.05) is 3.57 Å². The third kappa shape index (κ3) is 5.48. The molecule has 3 aromatic rings. The van der Waals surface area contributed by atoms with Gasteiger partial charge in [-0.3, -0.25) is 14.5 Å². The van der Waals surface area contributed by atoms with E-state index in [0.717, 1.165) is 20.9 Å². The Morgan fingerprint density at radius 1 is 1.12 bits per heavy atom. The topological polar surface area (TPSA) is 86.0 Å². The van der Waals surface area contributed by atoms with E-state index in [9.17, 15) is 14.4 Å². The molecule has 0 unspecified atom stereocenters. The van der Waals surface area contributed by atoms with E-state index in [1.54, 1.807) is 37.3 Å². The molecule has 2 amide bonds. The molecule has 1 aromatic heterocycles. The zero-order chi connectivity index (χ0) is 23.4. The third-order valence-electron chi connectivity index (χ3n) is 4.62. The SMILES string of the molecule is CCOc1cc(/C=C2\SC(=O)N(Cc3ccc(I)cc3)C2=O)ccc1OC(=O)c1ccco1. The second-order valence-electron chi connectivity index (χ2n) is 6.90. The summed E-state index contributed by atoms with van der Waals surface area (Å²) < 4.78 is 17.1. The van der Waals surface area contributed by atoms with Crippen molar-refractivity contribution in [3.8, 4) is 11.5 Å². The van der Waals surface area contributed by atoms with Crippen LogP contribution in [-0.2, 0) is 11.3 Å². The van der Waals surface area contributed by atoms with E-state index in [0.29, 0.717) is 22.8 Å². The number of hydrogen-bond acceptors (Lipinski definition) is 7. The third-order valence-corrected chi connectivity index (χ3v) is 6.24. The standard InChI is InChI=1S/C24H18INO6S/c1-2-30-20-12-16(7-10-18(20)32-23(28)19-4-3-11-31-19)13-21-22(27)26(24(29)33-21)14-15-5-8-17(25)9-6-15/h3-13H,2,14H2,1H3/b21-13-. The lowest BCUT2D eigenvalue weighted by Crippen LogP contribution is -2.27. The van der Waals surface area contributed by atoms with E-state index in [1.807, 2.05) is 24.3 Å². The molecule has 33 heavy (non-hydrogen) atoms. The molecule has 0 bridgehead atoms. The van der Waals surface area contributed by atoms with Crippen LogP contribution in [0, 0.1) is 3.57 Å². The van der Waals surface area contributed by atoms with Crippen molar-refractivity contribution in [1.82, 2.24) is 4.90 Å². The lowest BCUT2D eigenvalue weighted by molar-refractivity contribution is -0.123. The molecule has 4 rings (SSSR count). The highest BCUT2D eigenvalue weighted by Gasteiger charge is 2.35. The molecule has 9 heteroatoms. The van der Waals surface area contributed by atoms with Crippen LogP contribution < -0.4 is 9.47 Å². The molecular formula is C24H18INO6S. The predicted octanol–water partition coefficient (Wildman–Crippen LogP) is 5.74. The molecule has 1 aliphatic heterocycles. The van der Waals surface area contributed by atoms with Gasteiger partial charge in [-0.25, -0.2) is 4.79 Å². The number of halogens is 1. The first-order valence-corrected chi connectivity index (χ1v) is 11.9. The summed E-state index contributed by atoms with van der Waals surface area (Å²) in [6.07, 6.45) is 3.01. The molecule has 2 aromatic carbocycles. The van der Waals surface area contributed by atoms with Crippen LogP contribution in [0.4, 0.5) is 4.79 Å². The molecule has 0 spiro atoms. The Labute approximate surface area is 207 Å². The van der Waals surface area contributed by atoms with Crippen molar-refractivity contribution in [2.45, 2.75) is 13.5 Å². The summed E-state index contributed by atoms with van der Waals surface area (Å²) in [5.41, 5.74) is 1.51. The quantitative estimate of drug-likeness (QED) is 0.154. The largest absolute Gasteiger partial charge is 0.490 e. The first kappa shape index (κ1) is 23.1. The molecule has 1 saturated heterocycles. The van der Waals surface area contributed by atoms with Gasteiger partial charge in [-0.2, -0.15) is 0 Å². The van der Waals surface area contributed by atoms with Gasteiger partial charge in [0.15, 0.2) is 11.5 Å². The molecule has 0 atom stereocenters. The second kappa shape index (κ2) is 10.3. The van der Waals surface area contributed by atoms with E-state index < -0.39 is 5.97 Å². The fourth-order valence-corrected chi connectivity index (χ4v) is 4.27. The number of amides is 2. The Kier molecular flexibility index (Phi) is 7.19. The maximum absolute atomic E-state index is 12.8. The molecule has 0 N–H and O–H groups in total. The van der Waals surface area contributed by atoms with Gasteiger partial charge >= 0.3 is 5.97 Å². The van der Waals surface area contributed by atoms with Crippen LogP contribution in [-0.4, -0.2) is 28.6 Å². The number of carbonyl (C=O) groups is 3. The fourth-order valence-electron chi connectivity index (χ4n) is 3.07. The van der Waals surface area contributed by atoms with E-state index in [4.69, 9.17) is 13.9 Å². The normalized spacial score (nSPS) is 14.7. The molecule has 2 heterocycles. The average molecular weight is 575 g/mol. The Bertz CT molecular complexity index is 1220. The minimum Gasteiger partial charge on any atom is -0.490 e. The number of thioether (sulfide) groups is 1. The summed E-state index contributed by atoms with van der Waals surface area (Å²) in [5, 5.41) is -0.321. The molecule has 7 nitrogen and oxygen atoms in total. The minimum absolute atomic E-state index is 0.0725. The van der Waals surface area contributed by atoms with E-state index >= 15 is 0 Å². The van der Waals surface area contributed by atoms with Gasteiger partial charge in [-0.15, -0.1) is 0 Å². The average Bonchev–Trinajstić information content (AvgIpc) is 3.42. The molecule has 1 aliphatic rings. The molecule has 0 aliphatic carbocycles. The van der Waals surface area contributed by atoms with Gasteiger partial charge < -0.3 is 13.9 Å². The van der Waals surface area contributed by atoms with Crippen molar-refractivity contribution in [2.24, 2.45) is 0 Å². The summed E-state index contributed by atoms with van der Waals surface area (Å²) in [5.74, 6) is -0.366. The van der Waals surface area contributed by atoms with Gasteiger partial charge in [-0.05, 0) is 94.9 Å². The second-order valence-corrected chi connectivity index (χ2v) is 9.14. The molecule has 0 radical (unpaired) electrons. The smallest absolute Gasteiger partial charge is 0.379 e. The first-order chi connectivity index (χ1) is 15.9. The highest BCUT2D eigenvalue weighted by molar-refractivity contribution is 14.1. The Balaban J connectivity index is 1.53. The maximum Gasteiger partial charge on any atom is 0.379 e. The zero-order valence-electron chi connectivity index (χ0n) is 17.4. The van der Waals surface area contributed by atoms with Crippen molar-refractivity contribution in [1.29, 1.82) is 0 Å². The van der Waals surface area contributed by atoms with Crippen LogP contribution in [0.5, 0.6) is 11.5 Å². The van der Waals surface area contributed by atoms with Crippen LogP contribution in [0.2, 0.25) is 0 Å². The number of carbonyl (C=O) groups excluding carboxylic acids is 3. The summed E-state index contributed by atoms with van der Waals surface area (Å²) in [4.78, 5) is 39.0. The Morgan fingerprint density at radius 3 is 2.61 bits per heavy atom. The summed E-state index contributed by atoms with van der Waals surface area (Å²) in [6, 6.07) is 15.7. The van der Waals surface area contributed by atoms with Crippen molar-refractivity contribution in [3.05, 3.63) is 86.2 Å². The van der Waals surface area contributed by atoms with Crippen LogP contribution >= 0.6 is 34.4 Å². The number of ether oxygens (including phenoxy) is 2. The number of rotatable bonds is 7. The Morgan fingerprint density at radius 2 is 1.91 bits per heavy atom. The van der Waals surface area contributed by atoms with Crippen LogP contribution in [0.3, 0.4) is 0 Å². The monoisotopic (exact) mass is 575 g/mol. The van der Waals surface area contributed by atoms with E-state index in [1.165, 1.54) is 17.2 Å². The van der Waals surface area contributed by atoms with Crippen molar-refractivity contribution in [3.63, 3.8) is 0 Å². The van der Waals surface area contributed by atoms with E-state index in [2.05, 4.69) is 22.6 Å². The lowest BCUT2D eigenvalue weighted by atomic mass is 10.1. The maximum atomic E-state index is 12.8. The molecule has 0 saturated carbocycles. The number of hydrogen-bond donors (Lipinski definition) is 0. The Hall–Kier alpha value is -3.05. The lowest BCUT2D eigenvalue weighted by Gasteiger charge is -2.12. The number of benzene rings is 2. The first-order valence-electron chi connectivity index (χ1n) is 9.97. The van der Waals surface area contributed by atoms with Gasteiger partial charge in [0.05, 0.1) is 24.3 Å². The predicted molar refractivity (Wildman–Crippen MR) is 132 cm³/mol. The van der Waals surface area contributed by atoms with E-state index in [-0.39, 0.29) is 29.2 Å². The summed E-state index contributed by atoms with van der Waals surface area (Å²) >= 11 is 3.09. The summed E-state index contributed by atoms with van der Waals surface area (Å²) in [7, 11) is 0.